The molecule has 17 heavy (non-hydrogen) atoms. The Morgan fingerprint density at radius 1 is 1.41 bits per heavy atom. The smallest absolute Gasteiger partial charge is 0.173 e. The first-order chi connectivity index (χ1) is 8.29. The first-order valence-corrected chi connectivity index (χ1v) is 5.97. The molecule has 5 heteroatoms. The topological polar surface area (TPSA) is 51.1 Å². The third-order valence-electron chi connectivity index (χ3n) is 2.65. The summed E-state index contributed by atoms with van der Waals surface area (Å²) in [6.07, 6.45) is 0. The molecule has 1 aliphatic rings. The molecule has 0 unspecified atom stereocenters. The Bertz CT molecular complexity index is 446. The van der Waals surface area contributed by atoms with E-state index in [1.165, 1.54) is 0 Å². The Labute approximate surface area is 106 Å². The van der Waals surface area contributed by atoms with Crippen LogP contribution in [-0.2, 0) is 0 Å². The molecule has 1 fully saturated rings. The van der Waals surface area contributed by atoms with Crippen LogP contribution in [0.25, 0.3) is 0 Å². The maximum atomic E-state index is 8.82. The van der Waals surface area contributed by atoms with Crippen molar-refractivity contribution in [1.29, 1.82) is 5.26 Å². The van der Waals surface area contributed by atoms with Gasteiger partial charge in [0.1, 0.15) is 0 Å². The molecule has 2 N–H and O–H groups in total. The SMILES string of the molecule is N#Cc1cccc(NC(=S)N2CCNCC2)c1. The van der Waals surface area contributed by atoms with E-state index in [1.54, 1.807) is 12.1 Å². The van der Waals surface area contributed by atoms with E-state index >= 15 is 0 Å². The molecule has 0 saturated carbocycles. The zero-order valence-electron chi connectivity index (χ0n) is 9.44. The van der Waals surface area contributed by atoms with Gasteiger partial charge in [-0.15, -0.1) is 0 Å². The predicted octanol–water partition coefficient (Wildman–Crippen LogP) is 1.16. The molecule has 0 spiro atoms. The normalized spacial score (nSPS) is 15.1. The monoisotopic (exact) mass is 246 g/mol. The van der Waals surface area contributed by atoms with E-state index in [4.69, 9.17) is 17.5 Å². The Balaban J connectivity index is 1.99. The fourth-order valence-electron chi connectivity index (χ4n) is 1.74. The van der Waals surface area contributed by atoms with Gasteiger partial charge in [-0.25, -0.2) is 0 Å². The van der Waals surface area contributed by atoms with Crippen LogP contribution < -0.4 is 10.6 Å². The number of thiocarbonyl (C=S) groups is 1. The Hall–Kier alpha value is -1.64. The average Bonchev–Trinajstić information content (AvgIpc) is 2.40. The largest absolute Gasteiger partial charge is 0.346 e. The van der Waals surface area contributed by atoms with Crippen LogP contribution in [0.4, 0.5) is 5.69 Å². The molecule has 88 valence electrons. The highest BCUT2D eigenvalue weighted by Crippen LogP contribution is 2.11. The number of piperazine rings is 1. The maximum Gasteiger partial charge on any atom is 0.173 e. The Kier molecular flexibility index (Phi) is 3.91. The van der Waals surface area contributed by atoms with E-state index in [-0.39, 0.29) is 0 Å². The quantitative estimate of drug-likeness (QED) is 0.728. The summed E-state index contributed by atoms with van der Waals surface area (Å²) in [6, 6.07) is 9.45. The summed E-state index contributed by atoms with van der Waals surface area (Å²) in [7, 11) is 0. The Morgan fingerprint density at radius 2 is 2.18 bits per heavy atom. The van der Waals surface area contributed by atoms with Crippen molar-refractivity contribution >= 4 is 23.0 Å². The molecule has 2 rings (SSSR count). The van der Waals surface area contributed by atoms with Crippen molar-refractivity contribution in [3.8, 4) is 6.07 Å². The molecule has 0 aromatic heterocycles. The lowest BCUT2D eigenvalue weighted by Crippen LogP contribution is -2.47. The van der Waals surface area contributed by atoms with Crippen LogP contribution >= 0.6 is 12.2 Å². The number of hydrogen-bond donors (Lipinski definition) is 2. The van der Waals surface area contributed by atoms with Gasteiger partial charge in [-0.3, -0.25) is 0 Å². The molecule has 0 bridgehead atoms. The fourth-order valence-corrected chi connectivity index (χ4v) is 2.04. The van der Waals surface area contributed by atoms with Crippen molar-refractivity contribution in [1.82, 2.24) is 10.2 Å². The van der Waals surface area contributed by atoms with Crippen LogP contribution in [0.3, 0.4) is 0 Å². The van der Waals surface area contributed by atoms with Crippen LogP contribution in [-0.4, -0.2) is 36.2 Å². The number of rotatable bonds is 1. The molecule has 1 aromatic rings. The van der Waals surface area contributed by atoms with E-state index in [0.29, 0.717) is 5.56 Å². The van der Waals surface area contributed by atoms with E-state index < -0.39 is 0 Å². The van der Waals surface area contributed by atoms with Gasteiger partial charge in [0.05, 0.1) is 11.6 Å². The molecule has 1 heterocycles. The molecule has 1 saturated heterocycles. The molecule has 0 atom stereocenters. The van der Waals surface area contributed by atoms with Gasteiger partial charge in [0.15, 0.2) is 5.11 Å². The van der Waals surface area contributed by atoms with Crippen LogP contribution in [0.15, 0.2) is 24.3 Å². The molecule has 1 aromatic carbocycles. The van der Waals surface area contributed by atoms with Crippen molar-refractivity contribution in [2.24, 2.45) is 0 Å². The molecule has 1 aliphatic heterocycles. The number of benzene rings is 1. The first kappa shape index (κ1) is 11.8. The van der Waals surface area contributed by atoms with Crippen LogP contribution in [0.1, 0.15) is 5.56 Å². The Morgan fingerprint density at radius 3 is 2.88 bits per heavy atom. The summed E-state index contributed by atoms with van der Waals surface area (Å²) < 4.78 is 0. The average molecular weight is 246 g/mol. The van der Waals surface area contributed by atoms with Gasteiger partial charge in [-0.1, -0.05) is 6.07 Å². The summed E-state index contributed by atoms with van der Waals surface area (Å²) in [5, 5.41) is 16.0. The zero-order valence-corrected chi connectivity index (χ0v) is 10.3. The van der Waals surface area contributed by atoms with Crippen molar-refractivity contribution in [2.75, 3.05) is 31.5 Å². The first-order valence-electron chi connectivity index (χ1n) is 5.56. The molecule has 4 nitrogen and oxygen atoms in total. The highest BCUT2D eigenvalue weighted by atomic mass is 32.1. The van der Waals surface area contributed by atoms with E-state index in [0.717, 1.165) is 37.0 Å². The van der Waals surface area contributed by atoms with Gasteiger partial charge in [-0.05, 0) is 30.4 Å². The van der Waals surface area contributed by atoms with Crippen molar-refractivity contribution in [2.45, 2.75) is 0 Å². The highest BCUT2D eigenvalue weighted by molar-refractivity contribution is 7.80. The van der Waals surface area contributed by atoms with E-state index in [1.807, 2.05) is 12.1 Å². The van der Waals surface area contributed by atoms with Gasteiger partial charge >= 0.3 is 0 Å². The number of nitriles is 1. The van der Waals surface area contributed by atoms with Crippen LogP contribution in [0, 0.1) is 11.3 Å². The standard InChI is InChI=1S/C12H14N4S/c13-9-10-2-1-3-11(8-10)15-12(17)16-6-4-14-5-7-16/h1-3,8,14H,4-7H2,(H,15,17). The van der Waals surface area contributed by atoms with Crippen LogP contribution in [0.2, 0.25) is 0 Å². The number of anilines is 1. The molecular weight excluding hydrogens is 232 g/mol. The van der Waals surface area contributed by atoms with Crippen molar-refractivity contribution in [3.63, 3.8) is 0 Å². The maximum absolute atomic E-state index is 8.82. The summed E-state index contributed by atoms with van der Waals surface area (Å²) in [5.74, 6) is 0. The lowest BCUT2D eigenvalue weighted by molar-refractivity contribution is 0.362. The van der Waals surface area contributed by atoms with Gasteiger partial charge in [0, 0.05) is 31.9 Å². The zero-order chi connectivity index (χ0) is 12.1. The molecule has 0 aliphatic carbocycles. The van der Waals surface area contributed by atoms with E-state index in [2.05, 4.69) is 21.6 Å². The number of nitrogens with zero attached hydrogens (tertiary/aromatic N) is 2. The minimum atomic E-state index is 0.637. The van der Waals surface area contributed by atoms with Gasteiger partial charge in [0.2, 0.25) is 0 Å². The minimum absolute atomic E-state index is 0.637. The molecule has 0 amide bonds. The number of hydrogen-bond acceptors (Lipinski definition) is 3. The minimum Gasteiger partial charge on any atom is -0.346 e. The molecular formula is C12H14N4S. The molecule has 0 radical (unpaired) electrons. The third-order valence-corrected chi connectivity index (χ3v) is 3.01. The highest BCUT2D eigenvalue weighted by Gasteiger charge is 2.12. The lowest BCUT2D eigenvalue weighted by Gasteiger charge is -2.29. The van der Waals surface area contributed by atoms with Gasteiger partial charge in [0.25, 0.3) is 0 Å². The predicted molar refractivity (Wildman–Crippen MR) is 71.8 cm³/mol. The van der Waals surface area contributed by atoms with Crippen molar-refractivity contribution in [3.05, 3.63) is 29.8 Å². The lowest BCUT2D eigenvalue weighted by atomic mass is 10.2. The summed E-state index contributed by atoms with van der Waals surface area (Å²) >= 11 is 5.34. The fraction of sp³-hybridized carbons (Fsp3) is 0.333. The summed E-state index contributed by atoms with van der Waals surface area (Å²) in [6.45, 7) is 3.76. The number of nitrogens with one attached hydrogen (secondary N) is 2. The summed E-state index contributed by atoms with van der Waals surface area (Å²) in [4.78, 5) is 2.13. The van der Waals surface area contributed by atoms with Crippen molar-refractivity contribution < 1.29 is 0 Å². The second kappa shape index (κ2) is 5.62. The third kappa shape index (κ3) is 3.16. The van der Waals surface area contributed by atoms with Crippen LogP contribution in [0.5, 0.6) is 0 Å². The van der Waals surface area contributed by atoms with E-state index in [9.17, 15) is 0 Å². The van der Waals surface area contributed by atoms with Gasteiger partial charge < -0.3 is 15.5 Å². The second-order valence-corrected chi connectivity index (χ2v) is 4.25. The summed E-state index contributed by atoms with van der Waals surface area (Å²) in [5.41, 5.74) is 1.51. The second-order valence-electron chi connectivity index (χ2n) is 3.86. The van der Waals surface area contributed by atoms with Gasteiger partial charge in [-0.2, -0.15) is 5.26 Å².